The molecule has 0 aliphatic rings. The number of hydrogen-bond donors (Lipinski definition) is 1. The Kier molecular flexibility index (Phi) is 8.35. The van der Waals surface area contributed by atoms with Crippen LogP contribution in [0.4, 0.5) is 11.4 Å². The molecule has 0 heterocycles. The summed E-state index contributed by atoms with van der Waals surface area (Å²) in [6, 6.07) is 31.1. The monoisotopic (exact) mass is 512 g/mol. The van der Waals surface area contributed by atoms with E-state index in [4.69, 9.17) is 14.2 Å². The standard InChI is InChI=1S/C30H28N2O6/c1-36-27-19-15-24(16-20-27)30(29(33)37-2,38-21-22-9-5-3-6-10-22)28(31-25-11-7-4-8-12-25)23-13-17-26(18-14-23)32(34)35/h3-20,28,31H,21H2,1-2H3/t28-,30-/m0/s1. The number of benzene rings is 4. The molecule has 0 amide bonds. The van der Waals surface area contributed by atoms with Gasteiger partial charge in [0.05, 0.1) is 31.8 Å². The molecule has 0 radical (unpaired) electrons. The number of nitrogens with one attached hydrogen (secondary N) is 1. The molecule has 0 bridgehead atoms. The van der Waals surface area contributed by atoms with E-state index in [9.17, 15) is 14.9 Å². The number of hydrogen-bond acceptors (Lipinski definition) is 7. The Morgan fingerprint density at radius 1 is 0.868 bits per heavy atom. The molecule has 8 heteroatoms. The minimum absolute atomic E-state index is 0.0643. The molecule has 4 aromatic carbocycles. The van der Waals surface area contributed by atoms with Gasteiger partial charge in [-0.2, -0.15) is 0 Å². The molecule has 0 saturated heterocycles. The molecule has 0 aromatic heterocycles. The third-order valence-electron chi connectivity index (χ3n) is 6.25. The lowest BCUT2D eigenvalue weighted by atomic mass is 9.81. The summed E-state index contributed by atoms with van der Waals surface area (Å²) < 4.78 is 17.3. The number of carbonyl (C=O) groups excluding carboxylic acids is 1. The molecule has 0 aliphatic heterocycles. The zero-order valence-electron chi connectivity index (χ0n) is 21.1. The minimum Gasteiger partial charge on any atom is -0.497 e. The van der Waals surface area contributed by atoms with Crippen molar-refractivity contribution >= 4 is 17.3 Å². The van der Waals surface area contributed by atoms with Crippen molar-refractivity contribution in [2.24, 2.45) is 0 Å². The summed E-state index contributed by atoms with van der Waals surface area (Å²) in [5.74, 6) is -0.0242. The zero-order chi connectivity index (χ0) is 27.0. The number of rotatable bonds is 11. The van der Waals surface area contributed by atoms with Crippen LogP contribution in [0.1, 0.15) is 22.7 Å². The first-order valence-corrected chi connectivity index (χ1v) is 11.9. The number of nitrogens with zero attached hydrogens (tertiary/aromatic N) is 1. The summed E-state index contributed by atoms with van der Waals surface area (Å²) in [5, 5.41) is 14.8. The number of ether oxygens (including phenoxy) is 3. The number of anilines is 1. The van der Waals surface area contributed by atoms with Gasteiger partial charge in [0.15, 0.2) is 0 Å². The lowest BCUT2D eigenvalue weighted by Crippen LogP contribution is -2.48. The maximum Gasteiger partial charge on any atom is 0.345 e. The number of para-hydroxylation sites is 1. The van der Waals surface area contributed by atoms with Gasteiger partial charge in [0.1, 0.15) is 5.75 Å². The fraction of sp³-hybridized carbons (Fsp3) is 0.167. The number of nitro groups is 1. The first-order chi connectivity index (χ1) is 18.5. The van der Waals surface area contributed by atoms with Crippen LogP contribution < -0.4 is 10.1 Å². The fourth-order valence-corrected chi connectivity index (χ4v) is 4.30. The topological polar surface area (TPSA) is 99.9 Å². The van der Waals surface area contributed by atoms with Crippen LogP contribution in [0.3, 0.4) is 0 Å². The summed E-state index contributed by atoms with van der Waals surface area (Å²) in [7, 11) is 2.87. The van der Waals surface area contributed by atoms with Crippen LogP contribution in [0.5, 0.6) is 5.75 Å². The molecule has 4 rings (SSSR count). The molecule has 0 unspecified atom stereocenters. The van der Waals surface area contributed by atoms with Gasteiger partial charge in [0.25, 0.3) is 5.69 Å². The van der Waals surface area contributed by atoms with Crippen LogP contribution in [0.15, 0.2) is 109 Å². The summed E-state index contributed by atoms with van der Waals surface area (Å²) in [6.45, 7) is 0.0991. The largest absolute Gasteiger partial charge is 0.497 e. The maximum absolute atomic E-state index is 13.9. The molecule has 194 valence electrons. The van der Waals surface area contributed by atoms with E-state index in [-0.39, 0.29) is 12.3 Å². The van der Waals surface area contributed by atoms with E-state index < -0.39 is 22.5 Å². The van der Waals surface area contributed by atoms with Crippen LogP contribution in [0, 0.1) is 10.1 Å². The maximum atomic E-state index is 13.9. The molecule has 0 fully saturated rings. The molecule has 0 aliphatic carbocycles. The molecule has 4 aromatic rings. The van der Waals surface area contributed by atoms with Gasteiger partial charge in [0.2, 0.25) is 5.60 Å². The van der Waals surface area contributed by atoms with Crippen molar-refractivity contribution in [3.8, 4) is 5.75 Å². The number of esters is 1. The summed E-state index contributed by atoms with van der Waals surface area (Å²) in [6.07, 6.45) is 0. The zero-order valence-corrected chi connectivity index (χ0v) is 21.1. The van der Waals surface area contributed by atoms with Gasteiger partial charge in [-0.25, -0.2) is 4.79 Å². The van der Waals surface area contributed by atoms with Crippen LogP contribution in [0.2, 0.25) is 0 Å². The van der Waals surface area contributed by atoms with Crippen LogP contribution in [0.25, 0.3) is 0 Å². The van der Waals surface area contributed by atoms with E-state index >= 15 is 0 Å². The van der Waals surface area contributed by atoms with Crippen LogP contribution in [-0.2, 0) is 26.5 Å². The molecule has 1 N–H and O–H groups in total. The van der Waals surface area contributed by atoms with Crippen molar-refractivity contribution in [2.45, 2.75) is 18.2 Å². The lowest BCUT2D eigenvalue weighted by Gasteiger charge is -2.39. The molecule has 2 atom stereocenters. The first kappa shape index (κ1) is 26.4. The van der Waals surface area contributed by atoms with Crippen molar-refractivity contribution in [1.82, 2.24) is 0 Å². The highest BCUT2D eigenvalue weighted by atomic mass is 16.6. The third-order valence-corrected chi connectivity index (χ3v) is 6.25. The molecular weight excluding hydrogens is 484 g/mol. The Hall–Kier alpha value is -4.69. The van der Waals surface area contributed by atoms with Crippen molar-refractivity contribution < 1.29 is 23.9 Å². The van der Waals surface area contributed by atoms with Gasteiger partial charge in [-0.15, -0.1) is 0 Å². The Labute approximate surface area is 220 Å². The normalized spacial score (nSPS) is 13.1. The Morgan fingerprint density at radius 3 is 2.03 bits per heavy atom. The van der Waals surface area contributed by atoms with E-state index in [1.165, 1.54) is 19.2 Å². The van der Waals surface area contributed by atoms with E-state index in [2.05, 4.69) is 5.32 Å². The summed E-state index contributed by atoms with van der Waals surface area (Å²) >= 11 is 0. The highest BCUT2D eigenvalue weighted by Crippen LogP contribution is 2.43. The Balaban J connectivity index is 1.93. The molecule has 0 saturated carbocycles. The predicted octanol–water partition coefficient (Wildman–Crippen LogP) is 6.04. The van der Waals surface area contributed by atoms with Crippen LogP contribution >= 0.6 is 0 Å². The van der Waals surface area contributed by atoms with Crippen molar-refractivity contribution in [2.75, 3.05) is 19.5 Å². The molecule has 38 heavy (non-hydrogen) atoms. The Bertz CT molecular complexity index is 1350. The second-order valence-electron chi connectivity index (χ2n) is 8.52. The quantitative estimate of drug-likeness (QED) is 0.149. The highest BCUT2D eigenvalue weighted by Gasteiger charge is 2.51. The Morgan fingerprint density at radius 2 is 1.47 bits per heavy atom. The number of methoxy groups -OCH3 is 2. The second-order valence-corrected chi connectivity index (χ2v) is 8.52. The van der Waals surface area contributed by atoms with Gasteiger partial charge in [-0.1, -0.05) is 72.8 Å². The van der Waals surface area contributed by atoms with Gasteiger partial charge < -0.3 is 19.5 Å². The number of non-ortho nitro benzene ring substituents is 1. The average molecular weight is 513 g/mol. The van der Waals surface area contributed by atoms with Crippen molar-refractivity contribution in [3.63, 3.8) is 0 Å². The summed E-state index contributed by atoms with van der Waals surface area (Å²) in [5.41, 5.74) is 0.938. The highest BCUT2D eigenvalue weighted by molar-refractivity contribution is 5.84. The first-order valence-electron chi connectivity index (χ1n) is 11.9. The van der Waals surface area contributed by atoms with E-state index in [0.717, 1.165) is 11.3 Å². The van der Waals surface area contributed by atoms with E-state index in [1.54, 1.807) is 43.5 Å². The van der Waals surface area contributed by atoms with Crippen LogP contribution in [-0.4, -0.2) is 25.1 Å². The minimum atomic E-state index is -1.69. The summed E-state index contributed by atoms with van der Waals surface area (Å²) in [4.78, 5) is 24.7. The molecule has 0 spiro atoms. The van der Waals surface area contributed by atoms with Crippen molar-refractivity contribution in [3.05, 3.63) is 136 Å². The van der Waals surface area contributed by atoms with Crippen molar-refractivity contribution in [1.29, 1.82) is 0 Å². The SMILES string of the molecule is COC(=O)[C@](OCc1ccccc1)(c1ccc(OC)cc1)[C@@H](Nc1ccccc1)c1ccc([N+](=O)[O-])cc1. The van der Waals surface area contributed by atoms with Gasteiger partial charge in [-0.05, 0) is 41.0 Å². The average Bonchev–Trinajstić information content (AvgIpc) is 2.98. The number of carbonyl (C=O) groups is 1. The van der Waals surface area contributed by atoms with Gasteiger partial charge in [0, 0.05) is 17.8 Å². The molecular formula is C30H28N2O6. The third kappa shape index (κ3) is 5.66. The number of nitro benzene ring substituents is 1. The van der Waals surface area contributed by atoms with E-state index in [0.29, 0.717) is 16.9 Å². The lowest BCUT2D eigenvalue weighted by molar-refractivity contribution is -0.384. The van der Waals surface area contributed by atoms with E-state index in [1.807, 2.05) is 60.7 Å². The van der Waals surface area contributed by atoms with Gasteiger partial charge in [-0.3, -0.25) is 10.1 Å². The second kappa shape index (κ2) is 12.0. The predicted molar refractivity (Wildman–Crippen MR) is 144 cm³/mol. The smallest absolute Gasteiger partial charge is 0.345 e. The molecule has 8 nitrogen and oxygen atoms in total. The fourth-order valence-electron chi connectivity index (χ4n) is 4.30. The van der Waals surface area contributed by atoms with Gasteiger partial charge >= 0.3 is 5.97 Å².